The van der Waals surface area contributed by atoms with E-state index in [9.17, 15) is 5.11 Å². The van der Waals surface area contributed by atoms with Crippen molar-refractivity contribution in [1.82, 2.24) is 0 Å². The second-order valence-corrected chi connectivity index (χ2v) is 5.29. The van der Waals surface area contributed by atoms with Crippen molar-refractivity contribution in [3.63, 3.8) is 0 Å². The molecule has 0 amide bonds. The van der Waals surface area contributed by atoms with Gasteiger partial charge in [-0.25, -0.2) is 0 Å². The Balaban J connectivity index is 1.94. The van der Waals surface area contributed by atoms with Gasteiger partial charge in [0, 0.05) is 6.21 Å². The fourth-order valence-corrected chi connectivity index (χ4v) is 2.47. The van der Waals surface area contributed by atoms with Gasteiger partial charge in [-0.15, -0.1) is 0 Å². The average molecular weight is 275 g/mol. The van der Waals surface area contributed by atoms with Gasteiger partial charge in [-0.2, -0.15) is 0 Å². The van der Waals surface area contributed by atoms with E-state index < -0.39 is 0 Å². The molecule has 2 heteroatoms. The molecule has 2 nitrogen and oxygen atoms in total. The van der Waals surface area contributed by atoms with Gasteiger partial charge in [0.2, 0.25) is 0 Å². The monoisotopic (exact) mass is 275 g/mol. The smallest absolute Gasteiger partial charge is 0.121 e. The molecule has 0 aliphatic heterocycles. The Morgan fingerprint density at radius 1 is 0.857 bits per heavy atom. The minimum absolute atomic E-state index is 0.359. The number of rotatable bonds is 2. The van der Waals surface area contributed by atoms with Crippen molar-refractivity contribution >= 4 is 22.7 Å². The first-order valence-electron chi connectivity index (χ1n) is 6.96. The summed E-state index contributed by atoms with van der Waals surface area (Å²) in [6.07, 6.45) is 1.84. The summed E-state index contributed by atoms with van der Waals surface area (Å²) in [6.45, 7) is 3.80. The number of hydrogen-bond acceptors (Lipinski definition) is 2. The number of aryl methyl sites for hydroxylation is 2. The van der Waals surface area contributed by atoms with Crippen LogP contribution in [0.4, 0.5) is 5.69 Å². The second-order valence-electron chi connectivity index (χ2n) is 5.29. The molecule has 0 radical (unpaired) electrons. The number of fused-ring (bicyclic) bond motifs is 1. The molecule has 0 aromatic heterocycles. The highest BCUT2D eigenvalue weighted by molar-refractivity contribution is 5.88. The summed E-state index contributed by atoms with van der Waals surface area (Å²) in [6, 6.07) is 18.3. The Hall–Kier alpha value is -2.61. The van der Waals surface area contributed by atoms with E-state index in [4.69, 9.17) is 0 Å². The van der Waals surface area contributed by atoms with Crippen LogP contribution in [0.2, 0.25) is 0 Å². The maximum absolute atomic E-state index is 9.79. The zero-order valence-electron chi connectivity index (χ0n) is 12.2. The van der Waals surface area contributed by atoms with Crippen LogP contribution in [0.3, 0.4) is 0 Å². The lowest BCUT2D eigenvalue weighted by Gasteiger charge is -2.04. The summed E-state index contributed by atoms with van der Waals surface area (Å²) in [7, 11) is 0. The highest BCUT2D eigenvalue weighted by Crippen LogP contribution is 2.24. The third-order valence-electron chi connectivity index (χ3n) is 3.61. The topological polar surface area (TPSA) is 32.6 Å². The molecular weight excluding hydrogens is 258 g/mol. The van der Waals surface area contributed by atoms with Crippen LogP contribution in [-0.4, -0.2) is 11.3 Å². The average Bonchev–Trinajstić information content (AvgIpc) is 2.50. The van der Waals surface area contributed by atoms with Gasteiger partial charge in [-0.3, -0.25) is 4.99 Å². The fourth-order valence-electron chi connectivity index (χ4n) is 2.47. The third-order valence-corrected chi connectivity index (χ3v) is 3.61. The number of benzene rings is 3. The van der Waals surface area contributed by atoms with Gasteiger partial charge < -0.3 is 5.11 Å². The van der Waals surface area contributed by atoms with Gasteiger partial charge >= 0.3 is 0 Å². The van der Waals surface area contributed by atoms with Crippen LogP contribution in [0.1, 0.15) is 16.7 Å². The Kier molecular flexibility index (Phi) is 3.44. The van der Waals surface area contributed by atoms with Crippen molar-refractivity contribution in [1.29, 1.82) is 0 Å². The van der Waals surface area contributed by atoms with Crippen LogP contribution >= 0.6 is 0 Å². The molecule has 0 aliphatic rings. The SMILES string of the molecule is Cc1cc(C=Nc2ccc3ccccc3c2)cc(C)c1O. The van der Waals surface area contributed by atoms with Crippen molar-refractivity contribution in [3.05, 3.63) is 71.3 Å². The van der Waals surface area contributed by atoms with Gasteiger partial charge in [-0.1, -0.05) is 30.3 Å². The summed E-state index contributed by atoms with van der Waals surface area (Å²) >= 11 is 0. The number of phenolic OH excluding ortho intramolecular Hbond substituents is 1. The molecular formula is C19H17NO. The van der Waals surface area contributed by atoms with Crippen LogP contribution in [0.15, 0.2) is 59.6 Å². The molecule has 0 heterocycles. The lowest BCUT2D eigenvalue weighted by Crippen LogP contribution is -1.87. The van der Waals surface area contributed by atoms with E-state index in [1.807, 2.05) is 50.4 Å². The predicted octanol–water partition coefficient (Wildman–Crippen LogP) is 4.91. The van der Waals surface area contributed by atoms with E-state index in [2.05, 4.69) is 29.3 Å². The number of nitrogens with zero attached hydrogens (tertiary/aromatic N) is 1. The third kappa shape index (κ3) is 2.79. The number of aromatic hydroxyl groups is 1. The Morgan fingerprint density at radius 2 is 1.52 bits per heavy atom. The number of aliphatic imine (C=N–C) groups is 1. The molecule has 0 saturated heterocycles. The van der Waals surface area contributed by atoms with E-state index >= 15 is 0 Å². The lowest BCUT2D eigenvalue weighted by molar-refractivity contribution is 0.467. The standard InChI is InChI=1S/C19H17NO/c1-13-9-15(10-14(2)19(13)21)12-20-18-8-7-16-5-3-4-6-17(16)11-18/h3-12,21H,1-2H3. The first kappa shape index (κ1) is 13.4. The molecule has 3 rings (SSSR count). The molecule has 104 valence electrons. The summed E-state index contributed by atoms with van der Waals surface area (Å²) in [4.78, 5) is 4.53. The van der Waals surface area contributed by atoms with Gasteiger partial charge in [0.05, 0.1) is 5.69 Å². The molecule has 3 aromatic carbocycles. The molecule has 0 aliphatic carbocycles. The largest absolute Gasteiger partial charge is 0.507 e. The van der Waals surface area contributed by atoms with Crippen LogP contribution in [0.5, 0.6) is 5.75 Å². The van der Waals surface area contributed by atoms with Crippen LogP contribution < -0.4 is 0 Å². The van der Waals surface area contributed by atoms with Crippen molar-refractivity contribution < 1.29 is 5.11 Å². The molecule has 0 spiro atoms. The zero-order chi connectivity index (χ0) is 14.8. The summed E-state index contributed by atoms with van der Waals surface area (Å²) in [5, 5.41) is 12.2. The molecule has 3 aromatic rings. The maximum Gasteiger partial charge on any atom is 0.121 e. The van der Waals surface area contributed by atoms with Crippen molar-refractivity contribution in [2.75, 3.05) is 0 Å². The molecule has 0 bridgehead atoms. The molecule has 0 fully saturated rings. The van der Waals surface area contributed by atoms with Crippen molar-refractivity contribution in [2.24, 2.45) is 4.99 Å². The Morgan fingerprint density at radius 3 is 2.24 bits per heavy atom. The van der Waals surface area contributed by atoms with Gasteiger partial charge in [0.25, 0.3) is 0 Å². The summed E-state index contributed by atoms with van der Waals surface area (Å²) in [5.41, 5.74) is 3.66. The zero-order valence-corrected chi connectivity index (χ0v) is 12.2. The van der Waals surface area contributed by atoms with Crippen molar-refractivity contribution in [3.8, 4) is 5.75 Å². The quantitative estimate of drug-likeness (QED) is 0.662. The summed E-state index contributed by atoms with van der Waals surface area (Å²) < 4.78 is 0. The van der Waals surface area contributed by atoms with Crippen LogP contribution in [0, 0.1) is 13.8 Å². The van der Waals surface area contributed by atoms with E-state index in [0.717, 1.165) is 22.4 Å². The van der Waals surface area contributed by atoms with E-state index in [1.165, 1.54) is 10.8 Å². The fraction of sp³-hybridized carbons (Fsp3) is 0.105. The van der Waals surface area contributed by atoms with Crippen LogP contribution in [0.25, 0.3) is 10.8 Å². The number of hydrogen-bond donors (Lipinski definition) is 1. The van der Waals surface area contributed by atoms with E-state index in [0.29, 0.717) is 5.75 Å². The first-order chi connectivity index (χ1) is 10.1. The van der Waals surface area contributed by atoms with Crippen LogP contribution in [-0.2, 0) is 0 Å². The highest BCUT2D eigenvalue weighted by Gasteiger charge is 2.01. The Bertz CT molecular complexity index is 811. The maximum atomic E-state index is 9.79. The van der Waals surface area contributed by atoms with E-state index in [-0.39, 0.29) is 0 Å². The Labute approximate surface area is 124 Å². The van der Waals surface area contributed by atoms with Gasteiger partial charge in [0.15, 0.2) is 0 Å². The summed E-state index contributed by atoms with van der Waals surface area (Å²) in [5.74, 6) is 0.359. The normalized spacial score (nSPS) is 11.3. The van der Waals surface area contributed by atoms with Gasteiger partial charge in [0.1, 0.15) is 5.75 Å². The number of phenols is 1. The minimum Gasteiger partial charge on any atom is -0.507 e. The molecule has 0 unspecified atom stereocenters. The van der Waals surface area contributed by atoms with Gasteiger partial charge in [-0.05, 0) is 65.6 Å². The molecule has 0 saturated carbocycles. The first-order valence-corrected chi connectivity index (χ1v) is 6.96. The molecule has 1 N–H and O–H groups in total. The van der Waals surface area contributed by atoms with Crippen molar-refractivity contribution in [2.45, 2.75) is 13.8 Å². The molecule has 0 atom stereocenters. The second kappa shape index (κ2) is 5.41. The molecule has 21 heavy (non-hydrogen) atoms. The lowest BCUT2D eigenvalue weighted by atomic mass is 10.1. The van der Waals surface area contributed by atoms with E-state index in [1.54, 1.807) is 0 Å². The minimum atomic E-state index is 0.359. The predicted molar refractivity (Wildman–Crippen MR) is 88.8 cm³/mol. The highest BCUT2D eigenvalue weighted by atomic mass is 16.3.